The van der Waals surface area contributed by atoms with E-state index in [-0.39, 0.29) is 5.75 Å². The maximum Gasteiger partial charge on any atom is 0.167 e. The van der Waals surface area contributed by atoms with Crippen LogP contribution in [0.2, 0.25) is 0 Å². The lowest BCUT2D eigenvalue weighted by Gasteiger charge is -2.14. The average molecular weight is 429 g/mol. The Bertz CT molecular complexity index is 1030. The second-order valence-corrected chi connectivity index (χ2v) is 6.92. The van der Waals surface area contributed by atoms with Crippen LogP contribution >= 0.6 is 12.6 Å². The van der Waals surface area contributed by atoms with Crippen LogP contribution < -0.4 is 19.5 Å². The Morgan fingerprint density at radius 3 is 2.67 bits per heavy atom. The summed E-state index contributed by atoms with van der Waals surface area (Å²) >= 11 is 4.19. The number of nitrogens with zero attached hydrogens (tertiary/aromatic N) is 1. The molecule has 5 nitrogen and oxygen atoms in total. The minimum Gasteiger partial charge on any atom is -0.493 e. The number of nitrogens with one attached hydrogen (secondary N) is 1. The highest BCUT2D eigenvalue weighted by Gasteiger charge is 2.13. The first-order valence-corrected chi connectivity index (χ1v) is 10.3. The molecule has 0 aliphatic carbocycles. The molecule has 2 aromatic carbocycles. The van der Waals surface area contributed by atoms with E-state index < -0.39 is 5.82 Å². The number of halogens is 1. The van der Waals surface area contributed by atoms with Crippen molar-refractivity contribution in [3.05, 3.63) is 60.6 Å². The number of methoxy groups -OCH3 is 1. The van der Waals surface area contributed by atoms with Crippen LogP contribution in [0, 0.1) is 5.82 Å². The molecule has 0 aliphatic heterocycles. The number of benzene rings is 2. The van der Waals surface area contributed by atoms with Gasteiger partial charge in [-0.2, -0.15) is 12.6 Å². The number of allylic oxidation sites excluding steroid dienone is 1. The minimum absolute atomic E-state index is 0.132. The summed E-state index contributed by atoms with van der Waals surface area (Å²) in [5, 5.41) is 3.59. The van der Waals surface area contributed by atoms with Crippen molar-refractivity contribution in [1.29, 1.82) is 0 Å². The third-order valence-electron chi connectivity index (χ3n) is 4.46. The first kappa shape index (κ1) is 21.8. The van der Waals surface area contributed by atoms with Crippen molar-refractivity contribution in [1.82, 2.24) is 4.98 Å². The summed E-state index contributed by atoms with van der Waals surface area (Å²) in [7, 11) is 3.30. The fourth-order valence-corrected chi connectivity index (χ4v) is 3.06. The smallest absolute Gasteiger partial charge is 0.167 e. The molecule has 7 heteroatoms. The number of unbranched alkanes of at least 4 members (excludes halogenated alkanes) is 1. The third-order valence-corrected chi connectivity index (χ3v) is 4.77. The van der Waals surface area contributed by atoms with Gasteiger partial charge in [-0.3, -0.25) is 4.98 Å². The number of anilines is 1. The van der Waals surface area contributed by atoms with Gasteiger partial charge in [-0.05, 0) is 42.9 Å². The summed E-state index contributed by atoms with van der Waals surface area (Å²) in [5.74, 6) is 2.15. The first-order valence-electron chi connectivity index (χ1n) is 9.67. The Morgan fingerprint density at radius 1 is 1.07 bits per heavy atom. The van der Waals surface area contributed by atoms with Crippen molar-refractivity contribution in [2.75, 3.05) is 31.8 Å². The monoisotopic (exact) mass is 428 g/mol. The molecule has 0 amide bonds. The van der Waals surface area contributed by atoms with E-state index >= 15 is 0 Å². The highest BCUT2D eigenvalue weighted by atomic mass is 32.1. The average Bonchev–Trinajstić information content (AvgIpc) is 2.77. The lowest BCUT2D eigenvalue weighted by Crippen LogP contribution is -1.98. The van der Waals surface area contributed by atoms with Crippen molar-refractivity contribution in [3.63, 3.8) is 0 Å². The zero-order valence-electron chi connectivity index (χ0n) is 17.0. The fraction of sp³-hybridized carbons (Fsp3) is 0.261. The molecule has 1 aromatic heterocycles. The van der Waals surface area contributed by atoms with E-state index in [4.69, 9.17) is 14.2 Å². The molecule has 0 fully saturated rings. The normalized spacial score (nSPS) is 11.1. The number of fused-ring (bicyclic) bond motifs is 1. The molecule has 0 spiro atoms. The Balaban J connectivity index is 1.85. The van der Waals surface area contributed by atoms with Crippen LogP contribution in [0.3, 0.4) is 0 Å². The summed E-state index contributed by atoms with van der Waals surface area (Å²) in [6.45, 7) is 0.424. The quantitative estimate of drug-likeness (QED) is 0.241. The maximum absolute atomic E-state index is 14.3. The van der Waals surface area contributed by atoms with Crippen LogP contribution in [0.25, 0.3) is 10.9 Å². The van der Waals surface area contributed by atoms with Crippen molar-refractivity contribution in [3.8, 4) is 23.0 Å². The summed E-state index contributed by atoms with van der Waals surface area (Å²) in [6, 6.07) is 9.99. The van der Waals surface area contributed by atoms with Crippen LogP contribution in [0.4, 0.5) is 10.1 Å². The Morgan fingerprint density at radius 2 is 1.93 bits per heavy atom. The molecule has 0 saturated heterocycles. The zero-order valence-corrected chi connectivity index (χ0v) is 17.9. The van der Waals surface area contributed by atoms with Gasteiger partial charge < -0.3 is 19.5 Å². The van der Waals surface area contributed by atoms with Gasteiger partial charge in [0.05, 0.1) is 12.6 Å². The standard InChI is InChI=1S/C23H25FN2O3S/c1-25-16-7-8-21(18(24)13-16)29-20-9-10-26-19-15-23(22(27-2)14-17(19)20)28-11-5-3-4-6-12-30/h3,5,7-10,13-15,25,30H,4,6,11-12H2,1-2H3/b5-3+. The summed E-state index contributed by atoms with van der Waals surface area (Å²) in [4.78, 5) is 4.39. The number of aromatic nitrogens is 1. The van der Waals surface area contributed by atoms with Gasteiger partial charge in [0.25, 0.3) is 0 Å². The van der Waals surface area contributed by atoms with Gasteiger partial charge >= 0.3 is 0 Å². The molecule has 0 bridgehead atoms. The van der Waals surface area contributed by atoms with Crippen LogP contribution in [0.15, 0.2) is 54.7 Å². The third kappa shape index (κ3) is 5.36. The van der Waals surface area contributed by atoms with Gasteiger partial charge in [0.15, 0.2) is 23.1 Å². The molecule has 3 aromatic rings. The van der Waals surface area contributed by atoms with Gasteiger partial charge in [0.1, 0.15) is 12.4 Å². The Labute approximate surface area is 181 Å². The van der Waals surface area contributed by atoms with Crippen molar-refractivity contribution in [2.24, 2.45) is 0 Å². The molecule has 0 atom stereocenters. The van der Waals surface area contributed by atoms with Gasteiger partial charge in [-0.1, -0.05) is 12.2 Å². The highest BCUT2D eigenvalue weighted by molar-refractivity contribution is 7.80. The number of ether oxygens (including phenoxy) is 3. The predicted octanol–water partition coefficient (Wildman–Crippen LogP) is 5.86. The SMILES string of the molecule is CNc1ccc(Oc2ccnc3cc(OC/C=C/CCCS)c(OC)cc23)c(F)c1. The van der Waals surface area contributed by atoms with Gasteiger partial charge in [-0.25, -0.2) is 4.39 Å². The summed E-state index contributed by atoms with van der Waals surface area (Å²) < 4.78 is 31.5. The van der Waals surface area contributed by atoms with Gasteiger partial charge in [0.2, 0.25) is 0 Å². The highest BCUT2D eigenvalue weighted by Crippen LogP contribution is 2.37. The van der Waals surface area contributed by atoms with E-state index in [2.05, 4.69) is 29.0 Å². The van der Waals surface area contributed by atoms with E-state index in [1.54, 1.807) is 50.7 Å². The van der Waals surface area contributed by atoms with Crippen LogP contribution in [-0.2, 0) is 0 Å². The largest absolute Gasteiger partial charge is 0.493 e. The van der Waals surface area contributed by atoms with Crippen LogP contribution in [-0.4, -0.2) is 31.5 Å². The minimum atomic E-state index is -0.455. The predicted molar refractivity (Wildman–Crippen MR) is 122 cm³/mol. The molecular weight excluding hydrogens is 403 g/mol. The molecule has 0 radical (unpaired) electrons. The number of thiol groups is 1. The molecule has 158 valence electrons. The maximum atomic E-state index is 14.3. The number of hydrogen-bond donors (Lipinski definition) is 2. The molecule has 30 heavy (non-hydrogen) atoms. The van der Waals surface area contributed by atoms with Crippen LogP contribution in [0.5, 0.6) is 23.0 Å². The van der Waals surface area contributed by atoms with E-state index in [1.165, 1.54) is 6.07 Å². The molecule has 3 rings (SSSR count). The lowest BCUT2D eigenvalue weighted by molar-refractivity contribution is 0.326. The lowest BCUT2D eigenvalue weighted by atomic mass is 10.1. The molecule has 1 N–H and O–H groups in total. The molecule has 0 unspecified atom stereocenters. The van der Waals surface area contributed by atoms with Gasteiger partial charge in [0, 0.05) is 36.5 Å². The van der Waals surface area contributed by atoms with Gasteiger partial charge in [-0.15, -0.1) is 0 Å². The second-order valence-electron chi connectivity index (χ2n) is 6.47. The van der Waals surface area contributed by atoms with E-state index in [0.717, 1.165) is 18.6 Å². The van der Waals surface area contributed by atoms with Crippen molar-refractivity contribution < 1.29 is 18.6 Å². The van der Waals surface area contributed by atoms with Crippen LogP contribution in [0.1, 0.15) is 12.8 Å². The first-order chi connectivity index (χ1) is 14.7. The second kappa shape index (κ2) is 10.7. The fourth-order valence-electron chi connectivity index (χ4n) is 2.88. The molecule has 1 heterocycles. The van der Waals surface area contributed by atoms with E-state index in [1.807, 2.05) is 6.08 Å². The topological polar surface area (TPSA) is 52.6 Å². The Hall–Kier alpha value is -2.93. The molecule has 0 aliphatic rings. The Kier molecular flexibility index (Phi) is 7.79. The summed E-state index contributed by atoms with van der Waals surface area (Å²) in [6.07, 6.45) is 7.66. The van der Waals surface area contributed by atoms with E-state index in [9.17, 15) is 4.39 Å². The zero-order chi connectivity index (χ0) is 21.3. The van der Waals surface area contributed by atoms with E-state index in [0.29, 0.717) is 40.4 Å². The van der Waals surface area contributed by atoms with Crippen molar-refractivity contribution in [2.45, 2.75) is 12.8 Å². The van der Waals surface area contributed by atoms with Crippen molar-refractivity contribution >= 4 is 29.2 Å². The molecular formula is C23H25FN2O3S. The molecule has 0 saturated carbocycles. The number of hydrogen-bond acceptors (Lipinski definition) is 6. The summed E-state index contributed by atoms with van der Waals surface area (Å²) in [5.41, 5.74) is 1.33. The number of pyridine rings is 1. The number of rotatable bonds is 10.